The molecular weight excluding hydrogens is 284 g/mol. The van der Waals surface area contributed by atoms with Gasteiger partial charge in [0.25, 0.3) is 6.43 Å². The van der Waals surface area contributed by atoms with Crippen molar-refractivity contribution in [3.63, 3.8) is 0 Å². The van der Waals surface area contributed by atoms with Gasteiger partial charge in [0.2, 0.25) is 0 Å². The van der Waals surface area contributed by atoms with E-state index in [0.717, 1.165) is 0 Å². The lowest BCUT2D eigenvalue weighted by atomic mass is 10.1. The van der Waals surface area contributed by atoms with Crippen LogP contribution < -0.4 is 16.0 Å². The van der Waals surface area contributed by atoms with Gasteiger partial charge in [-0.05, 0) is 12.1 Å². The zero-order chi connectivity index (χ0) is 15.4. The van der Waals surface area contributed by atoms with Crippen molar-refractivity contribution in [2.45, 2.75) is 6.43 Å². The van der Waals surface area contributed by atoms with Crippen LogP contribution in [0.5, 0.6) is 0 Å². The number of nitrogens with zero attached hydrogens (tertiary/aromatic N) is 1. The van der Waals surface area contributed by atoms with E-state index in [0.29, 0.717) is 37.7 Å². The molecule has 21 heavy (non-hydrogen) atoms. The van der Waals surface area contributed by atoms with Crippen molar-refractivity contribution in [1.29, 1.82) is 0 Å². The van der Waals surface area contributed by atoms with Gasteiger partial charge in [0.1, 0.15) is 0 Å². The molecule has 0 radical (unpaired) electrons. The number of halogens is 2. The number of nitrogens with one attached hydrogen (secondary N) is 1. The summed E-state index contributed by atoms with van der Waals surface area (Å²) in [7, 11) is 0. The smallest absolute Gasteiger partial charge is 0.337 e. The number of carbonyl (C=O) groups is 1. The Morgan fingerprint density at radius 3 is 2.67 bits per heavy atom. The molecule has 0 amide bonds. The van der Waals surface area contributed by atoms with Gasteiger partial charge in [0.15, 0.2) is 0 Å². The fourth-order valence-corrected chi connectivity index (χ4v) is 2.18. The second-order valence-electron chi connectivity index (χ2n) is 4.63. The maximum Gasteiger partial charge on any atom is 0.337 e. The molecule has 0 spiro atoms. The Morgan fingerprint density at radius 2 is 2.10 bits per heavy atom. The van der Waals surface area contributed by atoms with Gasteiger partial charge < -0.3 is 25.8 Å². The Hall–Kier alpha value is -2.09. The molecule has 1 saturated heterocycles. The highest BCUT2D eigenvalue weighted by atomic mass is 19.3. The second kappa shape index (κ2) is 6.57. The number of hydrogen-bond acceptors (Lipinski definition) is 5. The van der Waals surface area contributed by atoms with Crippen molar-refractivity contribution in [3.05, 3.63) is 17.7 Å². The number of alkyl halides is 2. The molecule has 4 N–H and O–H groups in total. The van der Waals surface area contributed by atoms with Crippen molar-refractivity contribution in [3.8, 4) is 0 Å². The quantitative estimate of drug-likeness (QED) is 0.714. The largest absolute Gasteiger partial charge is 0.478 e. The molecule has 1 heterocycles. The molecule has 8 heteroatoms. The Kier molecular flexibility index (Phi) is 4.79. The lowest BCUT2D eigenvalue weighted by Gasteiger charge is -2.30. The van der Waals surface area contributed by atoms with E-state index in [2.05, 4.69) is 5.32 Å². The SMILES string of the molecule is Nc1cc(C(=O)O)c(N2CCOCC2)cc1NCC(F)F. The molecule has 6 nitrogen and oxygen atoms in total. The van der Waals surface area contributed by atoms with Crippen LogP contribution in [-0.2, 0) is 4.74 Å². The Balaban J connectivity index is 2.34. The summed E-state index contributed by atoms with van der Waals surface area (Å²) in [5.74, 6) is -1.11. The van der Waals surface area contributed by atoms with Gasteiger partial charge in [-0.2, -0.15) is 0 Å². The number of carboxylic acid groups (broad SMARTS) is 1. The standard InChI is InChI=1S/C13H17F2N3O3/c14-12(15)7-17-10-6-11(18-1-3-21-4-2-18)8(13(19)20)5-9(10)16/h5-6,12,17H,1-4,7,16H2,(H,19,20). The number of hydrogen-bond donors (Lipinski definition) is 3. The monoisotopic (exact) mass is 301 g/mol. The van der Waals surface area contributed by atoms with E-state index >= 15 is 0 Å². The fourth-order valence-electron chi connectivity index (χ4n) is 2.18. The zero-order valence-electron chi connectivity index (χ0n) is 11.3. The summed E-state index contributed by atoms with van der Waals surface area (Å²) in [6.45, 7) is 1.52. The van der Waals surface area contributed by atoms with Crippen LogP contribution in [0.4, 0.5) is 25.8 Å². The van der Waals surface area contributed by atoms with Crippen molar-refractivity contribution >= 4 is 23.0 Å². The maximum atomic E-state index is 12.3. The summed E-state index contributed by atoms with van der Waals surface area (Å²) in [6, 6.07) is 2.80. The molecule has 2 rings (SSSR count). The van der Waals surface area contributed by atoms with Crippen LogP contribution in [0.25, 0.3) is 0 Å². The molecule has 1 aromatic carbocycles. The number of aromatic carboxylic acids is 1. The first-order valence-corrected chi connectivity index (χ1v) is 6.50. The molecule has 1 aliphatic rings. The van der Waals surface area contributed by atoms with Crippen molar-refractivity contribution in [1.82, 2.24) is 0 Å². The minimum Gasteiger partial charge on any atom is -0.478 e. The molecule has 1 aromatic rings. The Morgan fingerprint density at radius 1 is 1.43 bits per heavy atom. The Bertz CT molecular complexity index is 520. The molecule has 116 valence electrons. The number of rotatable bonds is 5. The van der Waals surface area contributed by atoms with E-state index in [1.807, 2.05) is 4.90 Å². The van der Waals surface area contributed by atoms with Gasteiger partial charge >= 0.3 is 5.97 Å². The molecule has 0 bridgehead atoms. The average molecular weight is 301 g/mol. The maximum absolute atomic E-state index is 12.3. The van der Waals surface area contributed by atoms with Crippen LogP contribution >= 0.6 is 0 Å². The normalized spacial score (nSPS) is 15.3. The van der Waals surface area contributed by atoms with E-state index in [-0.39, 0.29) is 11.3 Å². The van der Waals surface area contributed by atoms with E-state index < -0.39 is 18.9 Å². The van der Waals surface area contributed by atoms with Crippen molar-refractivity contribution in [2.75, 3.05) is 48.8 Å². The number of ether oxygens (including phenoxy) is 1. The van der Waals surface area contributed by atoms with Crippen LogP contribution in [0.3, 0.4) is 0 Å². The Labute approximate surface area is 120 Å². The predicted molar refractivity (Wildman–Crippen MR) is 75.3 cm³/mol. The van der Waals surface area contributed by atoms with Gasteiger partial charge in [-0.3, -0.25) is 0 Å². The van der Waals surface area contributed by atoms with Crippen LogP contribution in [0, 0.1) is 0 Å². The van der Waals surface area contributed by atoms with Crippen LogP contribution in [0.2, 0.25) is 0 Å². The third kappa shape index (κ3) is 3.72. The third-order valence-corrected chi connectivity index (χ3v) is 3.20. The number of nitrogens with two attached hydrogens (primary N) is 1. The van der Waals surface area contributed by atoms with E-state index in [1.54, 1.807) is 0 Å². The summed E-state index contributed by atoms with van der Waals surface area (Å²) >= 11 is 0. The fraction of sp³-hybridized carbons (Fsp3) is 0.462. The van der Waals surface area contributed by atoms with Crippen molar-refractivity contribution in [2.24, 2.45) is 0 Å². The first kappa shape index (κ1) is 15.3. The predicted octanol–water partition coefficient (Wildman–Crippen LogP) is 1.48. The lowest BCUT2D eigenvalue weighted by molar-refractivity contribution is 0.0696. The van der Waals surface area contributed by atoms with Gasteiger partial charge in [0, 0.05) is 13.1 Å². The summed E-state index contributed by atoms with van der Waals surface area (Å²) in [6.07, 6.45) is -2.52. The summed E-state index contributed by atoms with van der Waals surface area (Å²) < 4.78 is 29.8. The highest BCUT2D eigenvalue weighted by Gasteiger charge is 2.20. The molecule has 0 aliphatic carbocycles. The first-order valence-electron chi connectivity index (χ1n) is 6.50. The number of morpholine rings is 1. The molecule has 0 unspecified atom stereocenters. The number of anilines is 3. The summed E-state index contributed by atoms with van der Waals surface area (Å²) in [4.78, 5) is 13.2. The minimum absolute atomic E-state index is 0.0528. The first-order chi connectivity index (χ1) is 9.99. The lowest BCUT2D eigenvalue weighted by Crippen LogP contribution is -2.37. The van der Waals surface area contributed by atoms with Gasteiger partial charge in [-0.15, -0.1) is 0 Å². The molecule has 1 fully saturated rings. The highest BCUT2D eigenvalue weighted by Crippen LogP contribution is 2.31. The van der Waals surface area contributed by atoms with Gasteiger partial charge in [-0.25, -0.2) is 13.6 Å². The van der Waals surface area contributed by atoms with Crippen molar-refractivity contribution < 1.29 is 23.4 Å². The van der Waals surface area contributed by atoms with E-state index in [4.69, 9.17) is 10.5 Å². The molecular formula is C13H17F2N3O3. The van der Waals surface area contributed by atoms with Gasteiger partial charge in [0.05, 0.1) is 42.4 Å². The van der Waals surface area contributed by atoms with Crippen LogP contribution in [0.15, 0.2) is 12.1 Å². The number of nitrogen functional groups attached to an aromatic ring is 1. The van der Waals surface area contributed by atoms with E-state index in [9.17, 15) is 18.7 Å². The average Bonchev–Trinajstić information content (AvgIpc) is 2.46. The summed E-state index contributed by atoms with van der Waals surface area (Å²) in [5.41, 5.74) is 6.67. The summed E-state index contributed by atoms with van der Waals surface area (Å²) in [5, 5.41) is 11.8. The van der Waals surface area contributed by atoms with Gasteiger partial charge in [-0.1, -0.05) is 0 Å². The van der Waals surface area contributed by atoms with Crippen LogP contribution in [0.1, 0.15) is 10.4 Å². The van der Waals surface area contributed by atoms with Crippen LogP contribution in [-0.4, -0.2) is 50.3 Å². The highest BCUT2D eigenvalue weighted by molar-refractivity contribution is 5.97. The number of carboxylic acids is 1. The third-order valence-electron chi connectivity index (χ3n) is 3.20. The molecule has 0 atom stereocenters. The molecule has 0 aromatic heterocycles. The number of benzene rings is 1. The minimum atomic E-state index is -2.52. The molecule has 1 aliphatic heterocycles. The molecule has 0 saturated carbocycles. The topological polar surface area (TPSA) is 87.8 Å². The zero-order valence-corrected chi connectivity index (χ0v) is 11.3. The second-order valence-corrected chi connectivity index (χ2v) is 4.63. The van der Waals surface area contributed by atoms with E-state index in [1.165, 1.54) is 12.1 Å².